The number of fused-ring (bicyclic) bond motifs is 1. The second-order valence-corrected chi connectivity index (χ2v) is 6.13. The van der Waals surface area contributed by atoms with E-state index in [0.29, 0.717) is 29.4 Å². The van der Waals surface area contributed by atoms with Crippen LogP contribution in [0.4, 0.5) is 13.2 Å². The van der Waals surface area contributed by atoms with Crippen LogP contribution in [-0.4, -0.2) is 6.54 Å². The Morgan fingerprint density at radius 3 is 2.62 bits per heavy atom. The van der Waals surface area contributed by atoms with Crippen molar-refractivity contribution in [1.29, 1.82) is 0 Å². The van der Waals surface area contributed by atoms with Crippen molar-refractivity contribution < 1.29 is 18.7 Å². The van der Waals surface area contributed by atoms with Crippen molar-refractivity contribution in [3.63, 3.8) is 0 Å². The first-order chi connectivity index (χ1) is 14.0. The molecule has 4 heteroatoms. The Bertz CT molecular complexity index is 1010. The Kier molecular flexibility index (Phi) is 4.21. The number of benzene rings is 3. The molecule has 3 aromatic carbocycles. The van der Waals surface area contributed by atoms with Crippen LogP contribution >= 0.6 is 0 Å². The van der Waals surface area contributed by atoms with E-state index in [9.17, 15) is 13.2 Å². The lowest BCUT2D eigenvalue weighted by molar-refractivity contribution is -0.137. The van der Waals surface area contributed by atoms with E-state index in [-0.39, 0.29) is 6.54 Å². The SMILES string of the molecule is [2H]C([2H])([2H])[C@@]([2H])(NCCCc1cccc(C(F)(F)F)c1)c1cccc2ccccc12. The Morgan fingerprint density at radius 2 is 1.81 bits per heavy atom. The van der Waals surface area contributed by atoms with Gasteiger partial charge < -0.3 is 5.32 Å². The summed E-state index contributed by atoms with van der Waals surface area (Å²) in [7, 11) is 0. The normalized spacial score (nSPS) is 17.0. The molecule has 0 aliphatic heterocycles. The van der Waals surface area contributed by atoms with Gasteiger partial charge in [-0.25, -0.2) is 0 Å². The third kappa shape index (κ3) is 4.44. The fourth-order valence-corrected chi connectivity index (χ4v) is 2.95. The summed E-state index contributed by atoms with van der Waals surface area (Å²) < 4.78 is 71.2. The standard InChI is InChI=1S/C22H22F3N/c1-16(20-13-5-10-18-9-2-3-12-21(18)20)26-14-6-8-17-7-4-11-19(15-17)22(23,24)25/h2-5,7,9-13,15-16,26H,6,8,14H2,1H3/t16-/m1/s1/i1D3,16D. The van der Waals surface area contributed by atoms with Gasteiger partial charge in [0, 0.05) is 10.1 Å². The summed E-state index contributed by atoms with van der Waals surface area (Å²) in [5, 5.41) is 4.35. The zero-order chi connectivity index (χ0) is 22.0. The lowest BCUT2D eigenvalue weighted by Crippen LogP contribution is -2.20. The number of hydrogen-bond acceptors (Lipinski definition) is 1. The van der Waals surface area contributed by atoms with Crippen molar-refractivity contribution in [3.8, 4) is 0 Å². The topological polar surface area (TPSA) is 12.0 Å². The lowest BCUT2D eigenvalue weighted by atomic mass is 9.99. The van der Waals surface area contributed by atoms with Gasteiger partial charge in [-0.15, -0.1) is 0 Å². The van der Waals surface area contributed by atoms with Crippen molar-refractivity contribution in [1.82, 2.24) is 5.32 Å². The van der Waals surface area contributed by atoms with E-state index < -0.39 is 24.6 Å². The quantitative estimate of drug-likeness (QED) is 0.520. The molecule has 136 valence electrons. The van der Waals surface area contributed by atoms with Gasteiger partial charge >= 0.3 is 6.18 Å². The van der Waals surface area contributed by atoms with Crippen LogP contribution < -0.4 is 5.32 Å². The van der Waals surface area contributed by atoms with Gasteiger partial charge in [0.1, 0.15) is 0 Å². The highest BCUT2D eigenvalue weighted by atomic mass is 19.4. The first kappa shape index (κ1) is 13.8. The molecule has 0 heterocycles. The predicted octanol–water partition coefficient (Wildman–Crippen LogP) is 6.14. The molecule has 3 rings (SSSR count). The Balaban J connectivity index is 1.77. The molecule has 0 aliphatic rings. The second-order valence-electron chi connectivity index (χ2n) is 6.13. The van der Waals surface area contributed by atoms with Crippen molar-refractivity contribution >= 4 is 10.8 Å². The average molecular weight is 361 g/mol. The molecule has 0 radical (unpaired) electrons. The van der Waals surface area contributed by atoms with Crippen LogP contribution in [-0.2, 0) is 12.6 Å². The fraction of sp³-hybridized carbons (Fsp3) is 0.273. The molecule has 0 aliphatic carbocycles. The molecule has 0 aromatic heterocycles. The van der Waals surface area contributed by atoms with Gasteiger partial charge in [0.2, 0.25) is 0 Å². The summed E-state index contributed by atoms with van der Waals surface area (Å²) in [5.74, 6) is 0. The molecule has 26 heavy (non-hydrogen) atoms. The van der Waals surface area contributed by atoms with Gasteiger partial charge in [-0.2, -0.15) is 13.2 Å². The molecule has 0 bridgehead atoms. The van der Waals surface area contributed by atoms with Crippen molar-refractivity contribution in [2.45, 2.75) is 31.9 Å². The van der Waals surface area contributed by atoms with Crippen molar-refractivity contribution in [2.75, 3.05) is 6.54 Å². The fourth-order valence-electron chi connectivity index (χ4n) is 2.95. The van der Waals surface area contributed by atoms with Crippen LogP contribution in [0, 0.1) is 0 Å². The number of halogens is 3. The molecule has 3 aromatic rings. The van der Waals surface area contributed by atoms with E-state index in [1.165, 1.54) is 6.07 Å². The number of rotatable bonds is 6. The monoisotopic (exact) mass is 361 g/mol. The van der Waals surface area contributed by atoms with E-state index >= 15 is 0 Å². The Morgan fingerprint density at radius 1 is 1.04 bits per heavy atom. The zero-order valence-electron chi connectivity index (χ0n) is 18.1. The van der Waals surface area contributed by atoms with Gasteiger partial charge in [-0.05, 0) is 54.2 Å². The summed E-state index contributed by atoms with van der Waals surface area (Å²) >= 11 is 0. The molecule has 1 nitrogen and oxygen atoms in total. The van der Waals surface area contributed by atoms with Crippen molar-refractivity contribution in [3.05, 3.63) is 83.4 Å². The maximum absolute atomic E-state index is 12.9. The third-order valence-corrected chi connectivity index (χ3v) is 4.26. The third-order valence-electron chi connectivity index (χ3n) is 4.26. The molecule has 0 fully saturated rings. The lowest BCUT2D eigenvalue weighted by Gasteiger charge is -2.17. The molecule has 0 unspecified atom stereocenters. The number of alkyl halides is 3. The summed E-state index contributed by atoms with van der Waals surface area (Å²) in [4.78, 5) is 0. The molecule has 1 atom stereocenters. The number of nitrogens with one attached hydrogen (secondary N) is 1. The summed E-state index contributed by atoms with van der Waals surface area (Å²) in [6, 6.07) is 15.5. The maximum atomic E-state index is 12.9. The molecule has 0 spiro atoms. The minimum Gasteiger partial charge on any atom is -0.310 e. The van der Waals surface area contributed by atoms with Gasteiger partial charge in [0.25, 0.3) is 0 Å². The van der Waals surface area contributed by atoms with Crippen LogP contribution in [0.3, 0.4) is 0 Å². The summed E-state index contributed by atoms with van der Waals surface area (Å²) in [6.45, 7) is -2.48. The first-order valence-electron chi connectivity index (χ1n) is 10.4. The smallest absolute Gasteiger partial charge is 0.310 e. The minimum atomic E-state index is -4.40. The highest BCUT2D eigenvalue weighted by Crippen LogP contribution is 2.29. The zero-order valence-corrected chi connectivity index (χ0v) is 14.1. The van der Waals surface area contributed by atoms with Gasteiger partial charge in [0.05, 0.1) is 6.93 Å². The second kappa shape index (κ2) is 7.92. The molecule has 1 N–H and O–H groups in total. The van der Waals surface area contributed by atoms with E-state index in [1.807, 2.05) is 18.2 Å². The molecular formula is C22H22F3N. The van der Waals surface area contributed by atoms with Crippen LogP contribution in [0.2, 0.25) is 0 Å². The highest BCUT2D eigenvalue weighted by Gasteiger charge is 2.30. The largest absolute Gasteiger partial charge is 0.416 e. The van der Waals surface area contributed by atoms with Crippen LogP contribution in [0.1, 0.15) is 41.5 Å². The van der Waals surface area contributed by atoms with E-state index in [4.69, 9.17) is 5.48 Å². The first-order valence-corrected chi connectivity index (χ1v) is 8.42. The number of aryl methyl sites for hydroxylation is 1. The molecular weight excluding hydrogens is 335 g/mol. The highest BCUT2D eigenvalue weighted by molar-refractivity contribution is 5.86. The van der Waals surface area contributed by atoms with Gasteiger partial charge in [-0.1, -0.05) is 60.7 Å². The molecule has 0 saturated heterocycles. The predicted molar refractivity (Wildman–Crippen MR) is 100 cm³/mol. The summed E-state index contributed by atoms with van der Waals surface area (Å²) in [6.07, 6.45) is -3.67. The van der Waals surface area contributed by atoms with Crippen LogP contribution in [0.25, 0.3) is 10.8 Å². The van der Waals surface area contributed by atoms with Crippen LogP contribution in [0.5, 0.6) is 0 Å². The van der Waals surface area contributed by atoms with E-state index in [1.54, 1.807) is 30.3 Å². The Labute approximate surface area is 157 Å². The van der Waals surface area contributed by atoms with Crippen molar-refractivity contribution in [2.24, 2.45) is 0 Å². The minimum absolute atomic E-state index is 0.168. The van der Waals surface area contributed by atoms with E-state index in [2.05, 4.69) is 5.32 Å². The molecule has 0 saturated carbocycles. The maximum Gasteiger partial charge on any atom is 0.416 e. The molecule has 0 amide bonds. The number of hydrogen-bond donors (Lipinski definition) is 1. The Hall–Kier alpha value is -2.33. The van der Waals surface area contributed by atoms with Gasteiger partial charge in [0.15, 0.2) is 0 Å². The average Bonchev–Trinajstić information content (AvgIpc) is 2.69. The van der Waals surface area contributed by atoms with Gasteiger partial charge in [-0.3, -0.25) is 0 Å². The van der Waals surface area contributed by atoms with Crippen LogP contribution in [0.15, 0.2) is 66.7 Å². The summed E-state index contributed by atoms with van der Waals surface area (Å²) in [5.41, 5.74) is 0.155. The van der Waals surface area contributed by atoms with E-state index in [0.717, 1.165) is 17.5 Å².